The number of rotatable bonds is 2. The SMILES string of the molecule is CNCC#Cc1cc(OC)ccc1N. The summed E-state index contributed by atoms with van der Waals surface area (Å²) < 4.78 is 5.08. The second-order valence-electron chi connectivity index (χ2n) is 2.79. The van der Waals surface area contributed by atoms with Crippen LogP contribution in [0.1, 0.15) is 5.56 Å². The fourth-order valence-corrected chi connectivity index (χ4v) is 0.998. The Morgan fingerprint density at radius 2 is 2.29 bits per heavy atom. The van der Waals surface area contributed by atoms with Gasteiger partial charge in [0.15, 0.2) is 0 Å². The van der Waals surface area contributed by atoms with Crippen LogP contribution in [0.2, 0.25) is 0 Å². The summed E-state index contributed by atoms with van der Waals surface area (Å²) in [4.78, 5) is 0. The average Bonchev–Trinajstić information content (AvgIpc) is 2.21. The lowest BCUT2D eigenvalue weighted by Gasteiger charge is -2.02. The van der Waals surface area contributed by atoms with Gasteiger partial charge in [-0.25, -0.2) is 0 Å². The first-order valence-corrected chi connectivity index (χ1v) is 4.35. The molecule has 0 heterocycles. The van der Waals surface area contributed by atoms with E-state index in [1.807, 2.05) is 19.2 Å². The molecule has 1 aromatic rings. The second kappa shape index (κ2) is 5.15. The number of nitrogen functional groups attached to an aromatic ring is 1. The van der Waals surface area contributed by atoms with Gasteiger partial charge in [-0.2, -0.15) is 0 Å². The molecule has 0 aliphatic rings. The van der Waals surface area contributed by atoms with Crippen LogP contribution in [-0.2, 0) is 0 Å². The standard InChI is InChI=1S/C11H14N2O/c1-13-7-3-4-9-8-10(14-2)5-6-11(9)12/h5-6,8,13H,7,12H2,1-2H3. The second-order valence-corrected chi connectivity index (χ2v) is 2.79. The number of methoxy groups -OCH3 is 1. The smallest absolute Gasteiger partial charge is 0.120 e. The van der Waals surface area contributed by atoms with Gasteiger partial charge in [-0.1, -0.05) is 11.8 Å². The van der Waals surface area contributed by atoms with Gasteiger partial charge in [0, 0.05) is 5.69 Å². The van der Waals surface area contributed by atoms with E-state index in [9.17, 15) is 0 Å². The monoisotopic (exact) mass is 190 g/mol. The lowest BCUT2D eigenvalue weighted by atomic mass is 10.2. The number of nitrogens with one attached hydrogen (secondary N) is 1. The third kappa shape index (κ3) is 2.68. The summed E-state index contributed by atoms with van der Waals surface area (Å²) >= 11 is 0. The molecule has 1 rings (SSSR count). The molecule has 1 aromatic carbocycles. The molecule has 14 heavy (non-hydrogen) atoms. The van der Waals surface area contributed by atoms with Crippen LogP contribution in [0.5, 0.6) is 5.75 Å². The molecule has 0 saturated heterocycles. The van der Waals surface area contributed by atoms with E-state index in [2.05, 4.69) is 17.2 Å². The lowest BCUT2D eigenvalue weighted by molar-refractivity contribution is 0.415. The molecule has 0 aliphatic carbocycles. The van der Waals surface area contributed by atoms with Gasteiger partial charge in [-0.3, -0.25) is 0 Å². The van der Waals surface area contributed by atoms with Gasteiger partial charge in [-0.15, -0.1) is 0 Å². The molecule has 0 aliphatic heterocycles. The van der Waals surface area contributed by atoms with E-state index < -0.39 is 0 Å². The van der Waals surface area contributed by atoms with Crippen molar-refractivity contribution in [3.8, 4) is 17.6 Å². The molecule has 0 aromatic heterocycles. The topological polar surface area (TPSA) is 47.3 Å². The average molecular weight is 190 g/mol. The Hall–Kier alpha value is -1.66. The highest BCUT2D eigenvalue weighted by molar-refractivity contribution is 5.58. The summed E-state index contributed by atoms with van der Waals surface area (Å²) in [6.07, 6.45) is 0. The Kier molecular flexibility index (Phi) is 3.84. The van der Waals surface area contributed by atoms with Crippen molar-refractivity contribution in [3.05, 3.63) is 23.8 Å². The molecule has 0 saturated carbocycles. The van der Waals surface area contributed by atoms with E-state index in [-0.39, 0.29) is 0 Å². The van der Waals surface area contributed by atoms with Crippen molar-refractivity contribution in [2.75, 3.05) is 26.4 Å². The van der Waals surface area contributed by atoms with Crippen molar-refractivity contribution < 1.29 is 4.74 Å². The van der Waals surface area contributed by atoms with Gasteiger partial charge in [-0.05, 0) is 25.2 Å². The molecule has 0 amide bonds. The van der Waals surface area contributed by atoms with Gasteiger partial charge in [0.25, 0.3) is 0 Å². The molecule has 3 N–H and O–H groups in total. The van der Waals surface area contributed by atoms with Crippen LogP contribution in [0, 0.1) is 11.8 Å². The Morgan fingerprint density at radius 3 is 2.93 bits per heavy atom. The van der Waals surface area contributed by atoms with Gasteiger partial charge < -0.3 is 15.8 Å². The highest BCUT2D eigenvalue weighted by Gasteiger charge is 1.97. The third-order valence-corrected chi connectivity index (χ3v) is 1.75. The number of anilines is 1. The summed E-state index contributed by atoms with van der Waals surface area (Å²) in [5.41, 5.74) is 7.23. The van der Waals surface area contributed by atoms with Crippen molar-refractivity contribution >= 4 is 5.69 Å². The fourth-order valence-electron chi connectivity index (χ4n) is 0.998. The predicted octanol–water partition coefficient (Wildman–Crippen LogP) is 0.848. The van der Waals surface area contributed by atoms with Crippen LogP contribution in [0.25, 0.3) is 0 Å². The van der Waals surface area contributed by atoms with Crippen LogP contribution >= 0.6 is 0 Å². The highest BCUT2D eigenvalue weighted by atomic mass is 16.5. The van der Waals surface area contributed by atoms with Gasteiger partial charge in [0.1, 0.15) is 5.75 Å². The zero-order valence-corrected chi connectivity index (χ0v) is 8.42. The van der Waals surface area contributed by atoms with Crippen molar-refractivity contribution in [2.24, 2.45) is 0 Å². The van der Waals surface area contributed by atoms with E-state index >= 15 is 0 Å². The van der Waals surface area contributed by atoms with Crippen molar-refractivity contribution in [2.45, 2.75) is 0 Å². The van der Waals surface area contributed by atoms with Gasteiger partial charge >= 0.3 is 0 Å². The van der Waals surface area contributed by atoms with E-state index in [0.717, 1.165) is 11.3 Å². The molecule has 3 nitrogen and oxygen atoms in total. The molecule has 0 atom stereocenters. The minimum Gasteiger partial charge on any atom is -0.497 e. The fraction of sp³-hybridized carbons (Fsp3) is 0.273. The third-order valence-electron chi connectivity index (χ3n) is 1.75. The summed E-state index contributed by atoms with van der Waals surface area (Å²) in [7, 11) is 3.47. The Morgan fingerprint density at radius 1 is 1.50 bits per heavy atom. The first-order valence-electron chi connectivity index (χ1n) is 4.35. The maximum atomic E-state index is 5.75. The normalized spacial score (nSPS) is 9.00. The number of nitrogens with two attached hydrogens (primary N) is 1. The Labute approximate surface area is 84.3 Å². The number of hydrogen-bond acceptors (Lipinski definition) is 3. The van der Waals surface area contributed by atoms with Gasteiger partial charge in [0.05, 0.1) is 19.2 Å². The van der Waals surface area contributed by atoms with Crippen LogP contribution in [-0.4, -0.2) is 20.7 Å². The summed E-state index contributed by atoms with van der Waals surface area (Å²) in [6.45, 7) is 0.649. The molecule has 0 bridgehead atoms. The van der Waals surface area contributed by atoms with E-state index in [0.29, 0.717) is 12.2 Å². The molecule has 0 spiro atoms. The maximum absolute atomic E-state index is 5.75. The predicted molar refractivity (Wildman–Crippen MR) is 58.2 cm³/mol. The molecular formula is C11H14N2O. The van der Waals surface area contributed by atoms with E-state index in [1.165, 1.54) is 0 Å². The minimum absolute atomic E-state index is 0.649. The summed E-state index contributed by atoms with van der Waals surface area (Å²) in [5, 5.41) is 2.94. The zero-order valence-electron chi connectivity index (χ0n) is 8.42. The summed E-state index contributed by atoms with van der Waals surface area (Å²) in [6, 6.07) is 5.44. The summed E-state index contributed by atoms with van der Waals surface area (Å²) in [5.74, 6) is 6.69. The molecular weight excluding hydrogens is 176 g/mol. The van der Waals surface area contributed by atoms with Crippen LogP contribution in [0.3, 0.4) is 0 Å². The maximum Gasteiger partial charge on any atom is 0.120 e. The van der Waals surface area contributed by atoms with Gasteiger partial charge in [0.2, 0.25) is 0 Å². The first-order chi connectivity index (χ1) is 6.77. The number of hydrogen-bond donors (Lipinski definition) is 2. The minimum atomic E-state index is 0.649. The quantitative estimate of drug-likeness (QED) is 0.537. The molecule has 0 unspecified atom stereocenters. The zero-order chi connectivity index (χ0) is 10.4. The van der Waals surface area contributed by atoms with Crippen molar-refractivity contribution in [1.29, 1.82) is 0 Å². The van der Waals surface area contributed by atoms with Crippen LogP contribution in [0.4, 0.5) is 5.69 Å². The lowest BCUT2D eigenvalue weighted by Crippen LogP contribution is -2.04. The van der Waals surface area contributed by atoms with E-state index in [1.54, 1.807) is 13.2 Å². The largest absolute Gasteiger partial charge is 0.497 e. The molecule has 0 radical (unpaired) electrons. The van der Waals surface area contributed by atoms with Crippen molar-refractivity contribution in [3.63, 3.8) is 0 Å². The number of ether oxygens (including phenoxy) is 1. The first kappa shape index (κ1) is 10.4. The Bertz CT molecular complexity index is 363. The van der Waals surface area contributed by atoms with Crippen LogP contribution < -0.4 is 15.8 Å². The van der Waals surface area contributed by atoms with Crippen molar-refractivity contribution in [1.82, 2.24) is 5.32 Å². The number of benzene rings is 1. The van der Waals surface area contributed by atoms with E-state index in [4.69, 9.17) is 10.5 Å². The molecule has 0 fully saturated rings. The van der Waals surface area contributed by atoms with Crippen LogP contribution in [0.15, 0.2) is 18.2 Å². The highest BCUT2D eigenvalue weighted by Crippen LogP contribution is 2.18. The molecule has 3 heteroatoms. The Balaban J connectivity index is 2.91. The molecule has 74 valence electrons.